The van der Waals surface area contributed by atoms with E-state index in [-0.39, 0.29) is 0 Å². The highest BCUT2D eigenvalue weighted by Crippen LogP contribution is 2.21. The Morgan fingerprint density at radius 3 is 2.79 bits per heavy atom. The van der Waals surface area contributed by atoms with Gasteiger partial charge in [0.1, 0.15) is 0 Å². The van der Waals surface area contributed by atoms with Gasteiger partial charge in [-0.05, 0) is 20.0 Å². The minimum atomic E-state index is -0.578. The van der Waals surface area contributed by atoms with Crippen LogP contribution in [0.25, 0.3) is 0 Å². The molecule has 0 aliphatic carbocycles. The van der Waals surface area contributed by atoms with E-state index in [1.165, 1.54) is 0 Å². The molecule has 2 aromatic rings. The Balaban J connectivity index is 1.95. The molecule has 3 N–H and O–H groups in total. The number of para-hydroxylation sites is 1. The van der Waals surface area contributed by atoms with Crippen molar-refractivity contribution in [1.82, 2.24) is 9.88 Å². The van der Waals surface area contributed by atoms with E-state index < -0.39 is 6.10 Å². The summed E-state index contributed by atoms with van der Waals surface area (Å²) in [4.78, 5) is 6.47. The van der Waals surface area contributed by atoms with Crippen molar-refractivity contribution in [3.8, 4) is 0 Å². The molecule has 102 valence electrons. The largest absolute Gasteiger partial charge is 0.398 e. The number of benzene rings is 1. The number of rotatable bonds is 5. The molecule has 1 aromatic heterocycles. The van der Waals surface area contributed by atoms with Crippen LogP contribution >= 0.6 is 11.3 Å². The van der Waals surface area contributed by atoms with Crippen molar-refractivity contribution in [2.45, 2.75) is 19.6 Å². The summed E-state index contributed by atoms with van der Waals surface area (Å²) in [6.07, 6.45) is -0.578. The molecule has 1 unspecified atom stereocenters. The van der Waals surface area contributed by atoms with Crippen molar-refractivity contribution in [2.24, 2.45) is 0 Å². The summed E-state index contributed by atoms with van der Waals surface area (Å²) < 4.78 is 0. The van der Waals surface area contributed by atoms with Crippen LogP contribution in [0.4, 0.5) is 5.69 Å². The van der Waals surface area contributed by atoms with E-state index in [1.54, 1.807) is 11.3 Å². The second-order valence-electron chi connectivity index (χ2n) is 4.70. The van der Waals surface area contributed by atoms with Gasteiger partial charge in [0.2, 0.25) is 0 Å². The summed E-state index contributed by atoms with van der Waals surface area (Å²) >= 11 is 1.64. The number of nitrogens with zero attached hydrogens (tertiary/aromatic N) is 2. The van der Waals surface area contributed by atoms with Crippen LogP contribution in [0.2, 0.25) is 0 Å². The third-order valence-corrected chi connectivity index (χ3v) is 3.76. The molecule has 1 atom stereocenters. The minimum absolute atomic E-state index is 0.533. The standard InChI is InChI=1S/C14H19N3OS/c1-10-16-11(9-19-10)7-17(2)8-14(18)12-5-3-4-6-13(12)15/h3-6,9,14,18H,7-8,15H2,1-2H3. The molecule has 1 heterocycles. The van der Waals surface area contributed by atoms with E-state index >= 15 is 0 Å². The van der Waals surface area contributed by atoms with Crippen LogP contribution in [-0.4, -0.2) is 28.6 Å². The predicted molar refractivity (Wildman–Crippen MR) is 79.0 cm³/mol. The van der Waals surface area contributed by atoms with Gasteiger partial charge in [0.05, 0.1) is 16.8 Å². The molecule has 0 amide bonds. The smallest absolute Gasteiger partial charge is 0.0936 e. The van der Waals surface area contributed by atoms with Gasteiger partial charge in [-0.25, -0.2) is 4.98 Å². The Bertz CT molecular complexity index is 541. The van der Waals surface area contributed by atoms with E-state index in [4.69, 9.17) is 5.73 Å². The predicted octanol–water partition coefficient (Wildman–Crippen LogP) is 2.20. The molecule has 0 saturated heterocycles. The van der Waals surface area contributed by atoms with Gasteiger partial charge < -0.3 is 10.8 Å². The van der Waals surface area contributed by atoms with Crippen LogP contribution in [0.5, 0.6) is 0 Å². The van der Waals surface area contributed by atoms with E-state index in [1.807, 2.05) is 43.1 Å². The van der Waals surface area contributed by atoms with Crippen molar-refractivity contribution in [3.05, 3.63) is 45.9 Å². The number of thiazole rings is 1. The molecule has 0 aliphatic heterocycles. The monoisotopic (exact) mass is 277 g/mol. The number of aromatic nitrogens is 1. The lowest BCUT2D eigenvalue weighted by Crippen LogP contribution is -2.24. The summed E-state index contributed by atoms with van der Waals surface area (Å²) in [5.41, 5.74) is 8.32. The molecule has 1 aromatic carbocycles. The minimum Gasteiger partial charge on any atom is -0.398 e. The van der Waals surface area contributed by atoms with Crippen LogP contribution in [0, 0.1) is 6.92 Å². The third kappa shape index (κ3) is 3.76. The van der Waals surface area contributed by atoms with Crippen molar-refractivity contribution in [3.63, 3.8) is 0 Å². The molecule has 0 radical (unpaired) electrons. The number of aliphatic hydroxyl groups excluding tert-OH is 1. The second kappa shape index (κ2) is 6.14. The SMILES string of the molecule is Cc1nc(CN(C)CC(O)c2ccccc2N)cs1. The van der Waals surface area contributed by atoms with Crippen molar-refractivity contribution >= 4 is 17.0 Å². The van der Waals surface area contributed by atoms with Crippen molar-refractivity contribution in [2.75, 3.05) is 19.3 Å². The molecule has 5 heteroatoms. The highest BCUT2D eigenvalue weighted by molar-refractivity contribution is 7.09. The van der Waals surface area contributed by atoms with E-state index in [2.05, 4.69) is 10.4 Å². The maximum absolute atomic E-state index is 10.2. The third-order valence-electron chi connectivity index (χ3n) is 2.94. The molecular weight excluding hydrogens is 258 g/mol. The van der Waals surface area contributed by atoms with Crippen molar-refractivity contribution < 1.29 is 5.11 Å². The average Bonchev–Trinajstić information content (AvgIpc) is 2.74. The van der Waals surface area contributed by atoms with Gasteiger partial charge in [0, 0.05) is 29.7 Å². The first-order chi connectivity index (χ1) is 9.06. The maximum Gasteiger partial charge on any atom is 0.0936 e. The molecule has 0 spiro atoms. The number of anilines is 1. The van der Waals surface area contributed by atoms with Crippen LogP contribution in [0.15, 0.2) is 29.6 Å². The number of nitrogens with two attached hydrogens (primary N) is 1. The Labute approximate surface area is 117 Å². The summed E-state index contributed by atoms with van der Waals surface area (Å²) in [5.74, 6) is 0. The zero-order chi connectivity index (χ0) is 13.8. The number of likely N-dealkylation sites (N-methyl/N-ethyl adjacent to an activating group) is 1. The van der Waals surface area contributed by atoms with Gasteiger partial charge >= 0.3 is 0 Å². The summed E-state index contributed by atoms with van der Waals surface area (Å²) in [7, 11) is 1.97. The lowest BCUT2D eigenvalue weighted by molar-refractivity contribution is 0.124. The summed E-state index contributed by atoms with van der Waals surface area (Å²) in [6, 6.07) is 7.43. The number of nitrogen functional groups attached to an aromatic ring is 1. The fourth-order valence-electron chi connectivity index (χ4n) is 2.03. The van der Waals surface area contributed by atoms with E-state index in [0.29, 0.717) is 12.2 Å². The molecule has 19 heavy (non-hydrogen) atoms. The Morgan fingerprint density at radius 2 is 2.16 bits per heavy atom. The van der Waals surface area contributed by atoms with Gasteiger partial charge in [-0.3, -0.25) is 4.90 Å². The van der Waals surface area contributed by atoms with Crippen molar-refractivity contribution in [1.29, 1.82) is 0 Å². The zero-order valence-electron chi connectivity index (χ0n) is 11.2. The molecule has 0 saturated carbocycles. The quantitative estimate of drug-likeness (QED) is 0.822. The number of aryl methyl sites for hydroxylation is 1. The summed E-state index contributed by atoms with van der Waals surface area (Å²) in [5, 5.41) is 13.3. The highest BCUT2D eigenvalue weighted by Gasteiger charge is 2.13. The first-order valence-electron chi connectivity index (χ1n) is 6.18. The van der Waals surface area contributed by atoms with E-state index in [9.17, 15) is 5.11 Å². The van der Waals surface area contributed by atoms with Gasteiger partial charge in [-0.2, -0.15) is 0 Å². The molecule has 4 nitrogen and oxygen atoms in total. The first kappa shape index (κ1) is 14.0. The van der Waals surface area contributed by atoms with Gasteiger partial charge in [0.25, 0.3) is 0 Å². The molecule has 0 bridgehead atoms. The second-order valence-corrected chi connectivity index (χ2v) is 5.76. The van der Waals surface area contributed by atoms with Gasteiger partial charge in [-0.1, -0.05) is 18.2 Å². The first-order valence-corrected chi connectivity index (χ1v) is 7.06. The molecule has 2 rings (SSSR count). The Kier molecular flexibility index (Phi) is 4.52. The van der Waals surface area contributed by atoms with Gasteiger partial charge in [0.15, 0.2) is 0 Å². The fourth-order valence-corrected chi connectivity index (χ4v) is 2.63. The molecule has 0 fully saturated rings. The number of hydrogen-bond donors (Lipinski definition) is 2. The summed E-state index contributed by atoms with van der Waals surface area (Å²) in [6.45, 7) is 3.26. The number of hydrogen-bond acceptors (Lipinski definition) is 5. The molecular formula is C14H19N3OS. The van der Waals surface area contributed by atoms with Crippen LogP contribution in [0.1, 0.15) is 22.4 Å². The fraction of sp³-hybridized carbons (Fsp3) is 0.357. The lowest BCUT2D eigenvalue weighted by atomic mass is 10.1. The zero-order valence-corrected chi connectivity index (χ0v) is 12.0. The average molecular weight is 277 g/mol. The Morgan fingerprint density at radius 1 is 1.42 bits per heavy atom. The maximum atomic E-state index is 10.2. The van der Waals surface area contributed by atoms with Crippen LogP contribution < -0.4 is 5.73 Å². The Hall–Kier alpha value is -1.43. The number of aliphatic hydroxyl groups is 1. The molecule has 0 aliphatic rings. The van der Waals surface area contributed by atoms with Crippen LogP contribution in [0.3, 0.4) is 0 Å². The van der Waals surface area contributed by atoms with E-state index in [0.717, 1.165) is 22.8 Å². The van der Waals surface area contributed by atoms with Gasteiger partial charge in [-0.15, -0.1) is 11.3 Å². The van der Waals surface area contributed by atoms with Crippen LogP contribution in [-0.2, 0) is 6.54 Å². The lowest BCUT2D eigenvalue weighted by Gasteiger charge is -2.20. The topological polar surface area (TPSA) is 62.4 Å². The highest BCUT2D eigenvalue weighted by atomic mass is 32.1. The normalized spacial score (nSPS) is 12.8.